The minimum absolute atomic E-state index is 0.669. The second kappa shape index (κ2) is 6.58. The molecule has 0 aliphatic heterocycles. The molecule has 0 fully saturated rings. The number of aromatic amines is 1. The van der Waals surface area contributed by atoms with Gasteiger partial charge in [-0.25, -0.2) is 9.97 Å². The molecule has 1 aliphatic carbocycles. The number of H-pyrrole nitrogens is 1. The monoisotopic (exact) mass is 410 g/mol. The van der Waals surface area contributed by atoms with Crippen molar-refractivity contribution in [2.45, 2.75) is 18.4 Å². The van der Waals surface area contributed by atoms with Gasteiger partial charge in [0.2, 0.25) is 0 Å². The standard InChI is InChI=1S/C24H18N4OS/c29-24(8-6-15-7-10-25-13-20(15)24)17-4-1-3-16(11-17)21-14-30-23(28-21)19-12-27-22-18(19)5-2-9-26-22/h1-5,7,9-14,29H,6,8H2,(H,26,27)/t24-/m0/s1. The number of rotatable bonds is 3. The summed E-state index contributed by atoms with van der Waals surface area (Å²) in [5, 5.41) is 15.6. The predicted octanol–water partition coefficient (Wildman–Crippen LogP) is 4.93. The maximum absolute atomic E-state index is 11.5. The molecular formula is C24H18N4OS. The first-order chi connectivity index (χ1) is 14.7. The Morgan fingerprint density at radius 1 is 1.10 bits per heavy atom. The smallest absolute Gasteiger partial charge is 0.137 e. The number of hydrogen-bond acceptors (Lipinski definition) is 5. The molecule has 0 saturated heterocycles. The van der Waals surface area contributed by atoms with Crippen LogP contribution >= 0.6 is 11.3 Å². The molecule has 6 rings (SSSR count). The maximum atomic E-state index is 11.5. The highest BCUT2D eigenvalue weighted by Gasteiger charge is 2.38. The number of hydrogen-bond donors (Lipinski definition) is 2. The van der Waals surface area contributed by atoms with Crippen LogP contribution in [-0.4, -0.2) is 25.0 Å². The van der Waals surface area contributed by atoms with E-state index in [0.29, 0.717) is 6.42 Å². The van der Waals surface area contributed by atoms with E-state index < -0.39 is 5.60 Å². The zero-order chi connectivity index (χ0) is 20.1. The van der Waals surface area contributed by atoms with Crippen molar-refractivity contribution in [2.24, 2.45) is 0 Å². The van der Waals surface area contributed by atoms with E-state index in [1.807, 2.05) is 36.5 Å². The molecule has 1 aliphatic rings. The number of aliphatic hydroxyl groups is 1. The summed E-state index contributed by atoms with van der Waals surface area (Å²) in [4.78, 5) is 16.7. The third kappa shape index (κ3) is 2.61. The fraction of sp³-hybridized carbons (Fsp3) is 0.125. The number of pyridine rings is 2. The van der Waals surface area contributed by atoms with Gasteiger partial charge in [-0.2, -0.15) is 0 Å². The fourth-order valence-corrected chi connectivity index (χ4v) is 5.22. The highest BCUT2D eigenvalue weighted by atomic mass is 32.1. The average molecular weight is 411 g/mol. The van der Waals surface area contributed by atoms with Crippen LogP contribution in [-0.2, 0) is 12.0 Å². The van der Waals surface area contributed by atoms with Gasteiger partial charge in [-0.15, -0.1) is 11.3 Å². The minimum atomic E-state index is -0.999. The number of benzene rings is 1. The van der Waals surface area contributed by atoms with Crippen molar-refractivity contribution in [3.63, 3.8) is 0 Å². The molecule has 0 bridgehead atoms. The zero-order valence-corrected chi connectivity index (χ0v) is 16.9. The second-order valence-electron chi connectivity index (χ2n) is 7.61. The van der Waals surface area contributed by atoms with Gasteiger partial charge in [0.25, 0.3) is 0 Å². The molecule has 0 amide bonds. The zero-order valence-electron chi connectivity index (χ0n) is 16.0. The quantitative estimate of drug-likeness (QED) is 0.442. The first-order valence-corrected chi connectivity index (χ1v) is 10.7. The summed E-state index contributed by atoms with van der Waals surface area (Å²) in [6.07, 6.45) is 8.85. The van der Waals surface area contributed by atoms with Crippen molar-refractivity contribution < 1.29 is 5.11 Å². The summed E-state index contributed by atoms with van der Waals surface area (Å²) in [6.45, 7) is 0. The Kier molecular flexibility index (Phi) is 3.84. The third-order valence-corrected chi connectivity index (χ3v) is 6.81. The lowest BCUT2D eigenvalue weighted by Crippen LogP contribution is -2.24. The number of nitrogens with zero attached hydrogens (tertiary/aromatic N) is 3. The number of thiazole rings is 1. The first-order valence-electron chi connectivity index (χ1n) is 9.87. The van der Waals surface area contributed by atoms with Gasteiger partial charge in [0.05, 0.1) is 5.69 Å². The van der Waals surface area contributed by atoms with Crippen molar-refractivity contribution in [1.82, 2.24) is 19.9 Å². The number of fused-ring (bicyclic) bond motifs is 2. The third-order valence-electron chi connectivity index (χ3n) is 5.93. The largest absolute Gasteiger partial charge is 0.380 e. The van der Waals surface area contributed by atoms with Crippen molar-refractivity contribution >= 4 is 22.4 Å². The minimum Gasteiger partial charge on any atom is -0.380 e. The van der Waals surface area contributed by atoms with Crippen LogP contribution < -0.4 is 0 Å². The van der Waals surface area contributed by atoms with E-state index >= 15 is 0 Å². The molecule has 146 valence electrons. The van der Waals surface area contributed by atoms with Crippen LogP contribution in [0.5, 0.6) is 0 Å². The molecule has 2 N–H and O–H groups in total. The summed E-state index contributed by atoms with van der Waals surface area (Å²) in [5.41, 5.74) is 5.79. The Morgan fingerprint density at radius 2 is 2.07 bits per heavy atom. The van der Waals surface area contributed by atoms with E-state index in [1.165, 1.54) is 5.56 Å². The van der Waals surface area contributed by atoms with Gasteiger partial charge >= 0.3 is 0 Å². The lowest BCUT2D eigenvalue weighted by atomic mass is 9.87. The van der Waals surface area contributed by atoms with Crippen molar-refractivity contribution in [1.29, 1.82) is 0 Å². The van der Waals surface area contributed by atoms with Crippen LogP contribution in [0.4, 0.5) is 0 Å². The van der Waals surface area contributed by atoms with Crippen LogP contribution in [0.3, 0.4) is 0 Å². The molecule has 4 aromatic heterocycles. The van der Waals surface area contributed by atoms with Crippen LogP contribution in [0, 0.1) is 0 Å². The van der Waals surface area contributed by atoms with Crippen LogP contribution in [0.15, 0.2) is 72.6 Å². The molecule has 1 atom stereocenters. The first kappa shape index (κ1) is 17.5. The molecule has 0 unspecified atom stereocenters. The summed E-state index contributed by atoms with van der Waals surface area (Å²) >= 11 is 1.61. The van der Waals surface area contributed by atoms with E-state index in [0.717, 1.165) is 50.4 Å². The molecule has 5 nitrogen and oxygen atoms in total. The Hall–Kier alpha value is -3.35. The Balaban J connectivity index is 1.40. The summed E-state index contributed by atoms with van der Waals surface area (Å²) in [7, 11) is 0. The molecule has 5 aromatic rings. The van der Waals surface area contributed by atoms with Crippen LogP contribution in [0.2, 0.25) is 0 Å². The van der Waals surface area contributed by atoms with Crippen LogP contribution in [0.25, 0.3) is 32.9 Å². The average Bonchev–Trinajstić information content (AvgIpc) is 3.52. The Morgan fingerprint density at radius 3 is 3.03 bits per heavy atom. The normalized spacial score (nSPS) is 18.0. The second-order valence-corrected chi connectivity index (χ2v) is 8.47. The van der Waals surface area contributed by atoms with E-state index in [-0.39, 0.29) is 0 Å². The van der Waals surface area contributed by atoms with Crippen molar-refractivity contribution in [2.75, 3.05) is 0 Å². The van der Waals surface area contributed by atoms with Gasteiger partial charge in [-0.1, -0.05) is 18.2 Å². The summed E-state index contributed by atoms with van der Waals surface area (Å²) in [6, 6.07) is 14.1. The maximum Gasteiger partial charge on any atom is 0.137 e. The molecule has 4 heterocycles. The number of aryl methyl sites for hydroxylation is 1. The van der Waals surface area contributed by atoms with Crippen LogP contribution in [0.1, 0.15) is 23.1 Å². The van der Waals surface area contributed by atoms with E-state index in [4.69, 9.17) is 4.98 Å². The SMILES string of the molecule is O[C@]1(c2cccc(-c3csc(-c4c[nH]c5ncccc45)n3)c2)CCc2ccncc21. The molecule has 0 radical (unpaired) electrons. The van der Waals surface area contributed by atoms with E-state index in [9.17, 15) is 5.11 Å². The van der Waals surface area contributed by atoms with E-state index in [2.05, 4.69) is 32.5 Å². The molecule has 0 spiro atoms. The van der Waals surface area contributed by atoms with Gasteiger partial charge in [-0.3, -0.25) is 4.98 Å². The predicted molar refractivity (Wildman–Crippen MR) is 118 cm³/mol. The Labute approximate surface area is 177 Å². The van der Waals surface area contributed by atoms with E-state index in [1.54, 1.807) is 29.9 Å². The number of aromatic nitrogens is 4. The molecule has 1 aromatic carbocycles. The highest BCUT2D eigenvalue weighted by molar-refractivity contribution is 7.13. The van der Waals surface area contributed by atoms with Crippen molar-refractivity contribution in [3.05, 3.63) is 89.3 Å². The molecule has 6 heteroatoms. The lowest BCUT2D eigenvalue weighted by Gasteiger charge is -2.24. The van der Waals surface area contributed by atoms with Gasteiger partial charge in [-0.05, 0) is 48.2 Å². The molecule has 0 saturated carbocycles. The highest BCUT2D eigenvalue weighted by Crippen LogP contribution is 2.42. The summed E-state index contributed by atoms with van der Waals surface area (Å²) in [5.74, 6) is 0. The molecular weight excluding hydrogens is 392 g/mol. The van der Waals surface area contributed by atoms with Gasteiger partial charge in [0, 0.05) is 52.2 Å². The van der Waals surface area contributed by atoms with Gasteiger partial charge in [0.15, 0.2) is 0 Å². The van der Waals surface area contributed by atoms with Gasteiger partial charge in [0.1, 0.15) is 16.3 Å². The lowest BCUT2D eigenvalue weighted by molar-refractivity contribution is 0.0827. The van der Waals surface area contributed by atoms with Gasteiger partial charge < -0.3 is 10.1 Å². The fourth-order valence-electron chi connectivity index (χ4n) is 4.36. The Bertz CT molecular complexity index is 1390. The van der Waals surface area contributed by atoms with Crippen molar-refractivity contribution in [3.8, 4) is 21.8 Å². The number of nitrogens with one attached hydrogen (secondary N) is 1. The summed E-state index contributed by atoms with van der Waals surface area (Å²) < 4.78 is 0. The topological polar surface area (TPSA) is 74.7 Å². The molecule has 30 heavy (non-hydrogen) atoms.